The fourth-order valence-corrected chi connectivity index (χ4v) is 2.51. The smallest absolute Gasteiger partial charge is 0.251 e. The summed E-state index contributed by atoms with van der Waals surface area (Å²) in [7, 11) is 1.62. The number of amides is 1. The monoisotopic (exact) mass is 338 g/mol. The molecule has 2 aromatic rings. The average Bonchev–Trinajstić information content (AvgIpc) is 3.02. The van der Waals surface area contributed by atoms with E-state index in [1.807, 2.05) is 49.4 Å². The Morgan fingerprint density at radius 2 is 2.00 bits per heavy atom. The van der Waals surface area contributed by atoms with E-state index >= 15 is 0 Å². The second-order valence-corrected chi connectivity index (χ2v) is 5.42. The summed E-state index contributed by atoms with van der Waals surface area (Å²) in [5, 5.41) is 11.2. The van der Waals surface area contributed by atoms with Crippen molar-refractivity contribution in [1.29, 1.82) is 5.26 Å². The van der Waals surface area contributed by atoms with Gasteiger partial charge in [-0.25, -0.2) is 0 Å². The molecule has 5 heteroatoms. The molecule has 130 valence electrons. The molecule has 3 rings (SSSR count). The molecule has 0 bridgehead atoms. The summed E-state index contributed by atoms with van der Waals surface area (Å²) in [5.74, 6) is 1.53. The minimum Gasteiger partial charge on any atom is -0.493 e. The molecule has 0 unspecified atom stereocenters. The van der Waals surface area contributed by atoms with Crippen LogP contribution >= 0.6 is 0 Å². The van der Waals surface area contributed by atoms with Crippen molar-refractivity contribution < 1.29 is 14.3 Å². The topological polar surface area (TPSA) is 71.3 Å². The number of hydrogen-bond acceptors (Lipinski definition) is 4. The first kappa shape index (κ1) is 18.3. The van der Waals surface area contributed by atoms with Gasteiger partial charge in [-0.2, -0.15) is 5.26 Å². The third-order valence-electron chi connectivity index (χ3n) is 3.75. The summed E-state index contributed by atoms with van der Waals surface area (Å²) in [6.07, 6.45) is 1.28. The zero-order valence-corrected chi connectivity index (χ0v) is 14.5. The highest BCUT2D eigenvalue weighted by molar-refractivity contribution is 5.98. The number of rotatable bonds is 5. The Kier molecular flexibility index (Phi) is 6.85. The summed E-state index contributed by atoms with van der Waals surface area (Å²) in [4.78, 5) is 11.0. The molecular weight excluding hydrogens is 316 g/mol. The molecular formula is C20H22N2O3. The number of carbonyl (C=O) groups is 1. The first-order valence-corrected chi connectivity index (χ1v) is 8.22. The maximum atomic E-state index is 11.0. The van der Waals surface area contributed by atoms with E-state index in [0.29, 0.717) is 19.6 Å². The van der Waals surface area contributed by atoms with Crippen LogP contribution in [0.5, 0.6) is 11.5 Å². The van der Waals surface area contributed by atoms with E-state index < -0.39 is 0 Å². The molecule has 0 aromatic heterocycles. The summed E-state index contributed by atoms with van der Waals surface area (Å²) in [5.41, 5.74) is 3.02. The number of hydrogen-bond donors (Lipinski definition) is 1. The second-order valence-electron chi connectivity index (χ2n) is 5.42. The van der Waals surface area contributed by atoms with Gasteiger partial charge in [0, 0.05) is 18.5 Å². The van der Waals surface area contributed by atoms with E-state index in [-0.39, 0.29) is 5.91 Å². The van der Waals surface area contributed by atoms with Gasteiger partial charge in [-0.15, -0.1) is 0 Å². The van der Waals surface area contributed by atoms with Gasteiger partial charge in [-0.1, -0.05) is 24.3 Å². The zero-order valence-electron chi connectivity index (χ0n) is 14.5. The van der Waals surface area contributed by atoms with Crippen molar-refractivity contribution in [3.63, 3.8) is 0 Å². The quantitative estimate of drug-likeness (QED) is 0.906. The van der Waals surface area contributed by atoms with Crippen LogP contribution in [0.15, 0.2) is 42.5 Å². The van der Waals surface area contributed by atoms with Crippen LogP contribution in [-0.4, -0.2) is 19.6 Å². The van der Waals surface area contributed by atoms with Crippen LogP contribution in [0.4, 0.5) is 0 Å². The lowest BCUT2D eigenvalue weighted by Crippen LogP contribution is -2.12. The summed E-state index contributed by atoms with van der Waals surface area (Å²) < 4.78 is 10.6. The largest absolute Gasteiger partial charge is 0.493 e. The van der Waals surface area contributed by atoms with Gasteiger partial charge in [0.05, 0.1) is 19.8 Å². The van der Waals surface area contributed by atoms with E-state index in [1.54, 1.807) is 7.11 Å². The number of fused-ring (bicyclic) bond motifs is 1. The number of aryl methyl sites for hydroxylation is 1. The summed E-state index contributed by atoms with van der Waals surface area (Å²) in [6.45, 7) is 3.23. The summed E-state index contributed by atoms with van der Waals surface area (Å²) >= 11 is 0. The molecule has 2 aromatic carbocycles. The fourth-order valence-electron chi connectivity index (χ4n) is 2.51. The van der Waals surface area contributed by atoms with Crippen LogP contribution in [0.25, 0.3) is 0 Å². The van der Waals surface area contributed by atoms with Crippen molar-refractivity contribution in [2.24, 2.45) is 0 Å². The van der Waals surface area contributed by atoms with E-state index in [4.69, 9.17) is 14.7 Å². The van der Waals surface area contributed by atoms with Crippen LogP contribution in [0, 0.1) is 11.3 Å². The van der Waals surface area contributed by atoms with Crippen molar-refractivity contribution in [2.75, 3.05) is 13.7 Å². The number of carbonyl (C=O) groups excluding carboxylic acids is 1. The molecule has 0 radical (unpaired) electrons. The van der Waals surface area contributed by atoms with Crippen molar-refractivity contribution in [3.05, 3.63) is 59.2 Å². The van der Waals surface area contributed by atoms with E-state index in [1.165, 1.54) is 0 Å². The van der Waals surface area contributed by atoms with E-state index in [2.05, 4.69) is 11.4 Å². The van der Waals surface area contributed by atoms with Gasteiger partial charge in [-0.05, 0) is 42.7 Å². The molecule has 0 fully saturated rings. The molecule has 0 aliphatic carbocycles. The Hall–Kier alpha value is -3.00. The van der Waals surface area contributed by atoms with E-state index in [0.717, 1.165) is 34.6 Å². The molecule has 5 nitrogen and oxygen atoms in total. The highest BCUT2D eigenvalue weighted by Gasteiger charge is 2.16. The lowest BCUT2D eigenvalue weighted by atomic mass is 10.1. The third kappa shape index (κ3) is 4.98. The maximum absolute atomic E-state index is 11.0. The minimum atomic E-state index is 0.0515. The molecule has 0 spiro atoms. The predicted octanol–water partition coefficient (Wildman–Crippen LogP) is 3.48. The molecule has 0 atom stereocenters. The van der Waals surface area contributed by atoms with Crippen LogP contribution < -0.4 is 14.8 Å². The average molecular weight is 338 g/mol. The highest BCUT2D eigenvalue weighted by atomic mass is 16.5. The molecule has 0 saturated heterocycles. The highest BCUT2D eigenvalue weighted by Crippen LogP contribution is 2.28. The van der Waals surface area contributed by atoms with Gasteiger partial charge in [0.1, 0.15) is 0 Å². The van der Waals surface area contributed by atoms with Crippen LogP contribution in [0.2, 0.25) is 0 Å². The lowest BCUT2D eigenvalue weighted by molar-refractivity contribution is 0.0966. The third-order valence-corrected chi connectivity index (χ3v) is 3.75. The maximum Gasteiger partial charge on any atom is 0.251 e. The normalized spacial score (nSPS) is 11.5. The van der Waals surface area contributed by atoms with Gasteiger partial charge < -0.3 is 14.8 Å². The van der Waals surface area contributed by atoms with Gasteiger partial charge >= 0.3 is 0 Å². The predicted molar refractivity (Wildman–Crippen MR) is 95.7 cm³/mol. The Bertz CT molecular complexity index is 766. The van der Waals surface area contributed by atoms with E-state index in [9.17, 15) is 4.79 Å². The van der Waals surface area contributed by atoms with Gasteiger partial charge in [0.15, 0.2) is 11.5 Å². The van der Waals surface area contributed by atoms with Crippen molar-refractivity contribution in [1.82, 2.24) is 5.32 Å². The van der Waals surface area contributed by atoms with Crippen molar-refractivity contribution in [3.8, 4) is 17.6 Å². The number of methoxy groups -OCH3 is 1. The molecule has 1 heterocycles. The van der Waals surface area contributed by atoms with Crippen LogP contribution in [-0.2, 0) is 13.0 Å². The first-order valence-electron chi connectivity index (χ1n) is 8.22. The van der Waals surface area contributed by atoms with Gasteiger partial charge in [-0.3, -0.25) is 4.79 Å². The van der Waals surface area contributed by atoms with Crippen molar-refractivity contribution >= 4 is 5.91 Å². The number of nitrogens with zero attached hydrogens (tertiary/aromatic N) is 1. The Balaban J connectivity index is 0.000000194. The number of ether oxygens (including phenoxy) is 2. The van der Waals surface area contributed by atoms with Crippen molar-refractivity contribution in [2.45, 2.75) is 26.3 Å². The summed E-state index contributed by atoms with van der Waals surface area (Å²) in [6, 6.07) is 15.5. The fraction of sp³-hybridized carbons (Fsp3) is 0.300. The second kappa shape index (κ2) is 9.33. The SMILES string of the molecule is CCOc1cc(CCC#N)ccc1OC.O=C1NCc2ccccc21. The Labute approximate surface area is 148 Å². The molecule has 25 heavy (non-hydrogen) atoms. The lowest BCUT2D eigenvalue weighted by Gasteiger charge is -2.10. The zero-order chi connectivity index (χ0) is 18.1. The number of nitrogens with one attached hydrogen (secondary N) is 1. The number of benzene rings is 2. The molecule has 1 aliphatic heterocycles. The van der Waals surface area contributed by atoms with Crippen LogP contribution in [0.3, 0.4) is 0 Å². The van der Waals surface area contributed by atoms with Gasteiger partial charge in [0.25, 0.3) is 5.91 Å². The Morgan fingerprint density at radius 3 is 2.68 bits per heavy atom. The minimum absolute atomic E-state index is 0.0515. The van der Waals surface area contributed by atoms with Crippen LogP contribution in [0.1, 0.15) is 34.8 Å². The molecule has 1 aliphatic rings. The standard InChI is InChI=1S/C12H15NO2.C8H7NO/c1-3-15-12-9-10(5-4-8-13)6-7-11(12)14-2;10-8-7-4-2-1-3-6(7)5-9-8/h6-7,9H,3-5H2,1-2H3;1-4H,5H2,(H,9,10). The number of nitriles is 1. The Morgan fingerprint density at radius 1 is 1.20 bits per heavy atom. The molecule has 1 amide bonds. The molecule has 0 saturated carbocycles. The molecule has 1 N–H and O–H groups in total. The first-order chi connectivity index (χ1) is 12.2. The van der Waals surface area contributed by atoms with Gasteiger partial charge in [0.2, 0.25) is 0 Å².